The molecule has 0 aliphatic heterocycles. The van der Waals surface area contributed by atoms with Gasteiger partial charge in [-0.05, 0) is 37.1 Å². The minimum Gasteiger partial charge on any atom is -0.497 e. The topological polar surface area (TPSA) is 78.9 Å². The second kappa shape index (κ2) is 8.61. The van der Waals surface area contributed by atoms with Crippen LogP contribution < -0.4 is 9.47 Å². The van der Waals surface area contributed by atoms with Crippen LogP contribution in [-0.2, 0) is 19.1 Å². The van der Waals surface area contributed by atoms with Crippen LogP contribution in [0.2, 0.25) is 0 Å². The molecule has 0 saturated carbocycles. The first-order valence-corrected chi connectivity index (χ1v) is 6.67. The van der Waals surface area contributed by atoms with Crippen molar-refractivity contribution in [3.05, 3.63) is 36.4 Å². The lowest BCUT2D eigenvalue weighted by Crippen LogP contribution is -2.12. The lowest BCUT2D eigenvalue weighted by molar-refractivity contribution is -0.158. The third kappa shape index (κ3) is 6.21. The van der Waals surface area contributed by atoms with Crippen molar-refractivity contribution in [3.63, 3.8) is 0 Å². The maximum atomic E-state index is 11.8. The predicted octanol–water partition coefficient (Wildman–Crippen LogP) is 2.42. The Labute approximate surface area is 128 Å². The summed E-state index contributed by atoms with van der Waals surface area (Å²) >= 11 is 0. The summed E-state index contributed by atoms with van der Waals surface area (Å²) in [5.41, 5.74) is 0.242. The first kappa shape index (κ1) is 17.4. The molecule has 6 heteroatoms. The zero-order valence-electron chi connectivity index (χ0n) is 12.6. The number of carbonyl (C=O) groups excluding carboxylic acids is 3. The molecular formula is C16H18O6. The van der Waals surface area contributed by atoms with Crippen LogP contribution in [0.3, 0.4) is 0 Å². The molecule has 0 aliphatic rings. The number of esters is 3. The highest BCUT2D eigenvalue weighted by atomic mass is 16.6. The molecule has 0 aromatic heterocycles. The standard InChI is InChI=1S/C16H18O6/c1-11(5-4-6-15(18)21-12(2)17)16(19)22-14-9-7-13(20-3)8-10-14/h7-10H,1,4-6H2,2-3H3. The highest BCUT2D eigenvalue weighted by Gasteiger charge is 2.12. The van der Waals surface area contributed by atoms with Crippen LogP contribution in [0.4, 0.5) is 0 Å². The maximum Gasteiger partial charge on any atom is 0.338 e. The van der Waals surface area contributed by atoms with Crippen molar-refractivity contribution < 1.29 is 28.6 Å². The van der Waals surface area contributed by atoms with Crippen molar-refractivity contribution >= 4 is 17.9 Å². The lowest BCUT2D eigenvalue weighted by Gasteiger charge is -2.07. The van der Waals surface area contributed by atoms with E-state index in [9.17, 15) is 14.4 Å². The van der Waals surface area contributed by atoms with Gasteiger partial charge in [-0.15, -0.1) is 0 Å². The Bertz CT molecular complexity index is 559. The summed E-state index contributed by atoms with van der Waals surface area (Å²) in [6, 6.07) is 6.55. The summed E-state index contributed by atoms with van der Waals surface area (Å²) in [5.74, 6) is -0.804. The Kier molecular flexibility index (Phi) is 6.82. The molecule has 0 saturated heterocycles. The van der Waals surface area contributed by atoms with Gasteiger partial charge in [-0.1, -0.05) is 6.58 Å². The van der Waals surface area contributed by atoms with Crippen LogP contribution >= 0.6 is 0 Å². The van der Waals surface area contributed by atoms with Gasteiger partial charge in [0, 0.05) is 18.9 Å². The zero-order valence-corrected chi connectivity index (χ0v) is 12.6. The largest absolute Gasteiger partial charge is 0.497 e. The molecule has 0 radical (unpaired) electrons. The molecule has 0 bridgehead atoms. The van der Waals surface area contributed by atoms with Crippen LogP contribution in [0.25, 0.3) is 0 Å². The molecular weight excluding hydrogens is 288 g/mol. The maximum absolute atomic E-state index is 11.8. The number of rotatable bonds is 7. The summed E-state index contributed by atoms with van der Waals surface area (Å²) in [4.78, 5) is 33.5. The second-order valence-electron chi connectivity index (χ2n) is 4.49. The smallest absolute Gasteiger partial charge is 0.338 e. The van der Waals surface area contributed by atoms with E-state index in [4.69, 9.17) is 9.47 Å². The molecule has 0 heterocycles. The highest BCUT2D eigenvalue weighted by Crippen LogP contribution is 2.18. The van der Waals surface area contributed by atoms with Crippen molar-refractivity contribution in [2.24, 2.45) is 0 Å². The average Bonchev–Trinajstić information content (AvgIpc) is 2.47. The molecule has 0 N–H and O–H groups in total. The third-order valence-corrected chi connectivity index (χ3v) is 2.68. The Balaban J connectivity index is 2.37. The monoisotopic (exact) mass is 306 g/mol. The number of hydrogen-bond acceptors (Lipinski definition) is 6. The Morgan fingerprint density at radius 3 is 2.18 bits per heavy atom. The summed E-state index contributed by atoms with van der Waals surface area (Å²) < 4.78 is 14.5. The van der Waals surface area contributed by atoms with E-state index in [1.165, 1.54) is 0 Å². The van der Waals surface area contributed by atoms with Crippen LogP contribution in [-0.4, -0.2) is 25.0 Å². The molecule has 0 fully saturated rings. The van der Waals surface area contributed by atoms with Crippen molar-refractivity contribution in [2.75, 3.05) is 7.11 Å². The van der Waals surface area contributed by atoms with Gasteiger partial charge in [-0.3, -0.25) is 9.59 Å². The SMILES string of the molecule is C=C(CCCC(=O)OC(C)=O)C(=O)Oc1ccc(OC)cc1. The molecule has 0 spiro atoms. The molecule has 0 amide bonds. The van der Waals surface area contributed by atoms with Crippen LogP contribution in [0.1, 0.15) is 26.2 Å². The van der Waals surface area contributed by atoms with Gasteiger partial charge in [0.05, 0.1) is 7.11 Å². The molecule has 118 valence electrons. The molecule has 0 aliphatic carbocycles. The molecule has 22 heavy (non-hydrogen) atoms. The molecule has 1 aromatic carbocycles. The third-order valence-electron chi connectivity index (χ3n) is 2.68. The molecule has 6 nitrogen and oxygen atoms in total. The molecule has 0 atom stereocenters. The second-order valence-corrected chi connectivity index (χ2v) is 4.49. The predicted molar refractivity (Wildman–Crippen MR) is 78.4 cm³/mol. The van der Waals surface area contributed by atoms with Crippen molar-refractivity contribution in [2.45, 2.75) is 26.2 Å². The summed E-state index contributed by atoms with van der Waals surface area (Å²) in [6.45, 7) is 4.78. The Morgan fingerprint density at radius 2 is 1.64 bits per heavy atom. The number of carbonyl (C=O) groups is 3. The van der Waals surface area contributed by atoms with Gasteiger partial charge in [0.25, 0.3) is 0 Å². The van der Waals surface area contributed by atoms with Gasteiger partial charge in [-0.25, -0.2) is 4.79 Å². The molecule has 1 rings (SSSR count). The van der Waals surface area contributed by atoms with E-state index in [0.717, 1.165) is 6.92 Å². The van der Waals surface area contributed by atoms with Gasteiger partial charge >= 0.3 is 17.9 Å². The Hall–Kier alpha value is -2.63. The average molecular weight is 306 g/mol. The Morgan fingerprint density at radius 1 is 1.05 bits per heavy atom. The van der Waals surface area contributed by atoms with E-state index in [-0.39, 0.29) is 18.4 Å². The van der Waals surface area contributed by atoms with E-state index in [2.05, 4.69) is 11.3 Å². The highest BCUT2D eigenvalue weighted by molar-refractivity contribution is 5.89. The van der Waals surface area contributed by atoms with Gasteiger partial charge in [0.2, 0.25) is 0 Å². The van der Waals surface area contributed by atoms with E-state index in [1.807, 2.05) is 0 Å². The minimum absolute atomic E-state index is 0.0361. The normalized spacial score (nSPS) is 9.73. The van der Waals surface area contributed by atoms with Crippen LogP contribution in [0.5, 0.6) is 11.5 Å². The van der Waals surface area contributed by atoms with E-state index in [1.54, 1.807) is 31.4 Å². The zero-order chi connectivity index (χ0) is 16.5. The van der Waals surface area contributed by atoms with Crippen molar-refractivity contribution in [1.29, 1.82) is 0 Å². The fraction of sp³-hybridized carbons (Fsp3) is 0.312. The number of methoxy groups -OCH3 is 1. The first-order valence-electron chi connectivity index (χ1n) is 6.67. The minimum atomic E-state index is -0.650. The fourth-order valence-corrected chi connectivity index (χ4v) is 1.58. The number of ether oxygens (including phenoxy) is 3. The summed E-state index contributed by atoms with van der Waals surface area (Å²) in [5, 5.41) is 0. The van der Waals surface area contributed by atoms with E-state index in [0.29, 0.717) is 17.9 Å². The number of benzene rings is 1. The van der Waals surface area contributed by atoms with Crippen LogP contribution in [0, 0.1) is 0 Å². The molecule has 0 unspecified atom stereocenters. The first-order chi connectivity index (χ1) is 10.4. The summed E-state index contributed by atoms with van der Waals surface area (Å²) in [6.07, 6.45) is 0.666. The van der Waals surface area contributed by atoms with Gasteiger partial charge in [-0.2, -0.15) is 0 Å². The van der Waals surface area contributed by atoms with Gasteiger partial charge in [0.1, 0.15) is 11.5 Å². The van der Waals surface area contributed by atoms with Crippen molar-refractivity contribution in [1.82, 2.24) is 0 Å². The van der Waals surface area contributed by atoms with Gasteiger partial charge in [0.15, 0.2) is 0 Å². The quantitative estimate of drug-likeness (QED) is 0.333. The summed E-state index contributed by atoms with van der Waals surface area (Å²) in [7, 11) is 1.54. The number of hydrogen-bond donors (Lipinski definition) is 0. The van der Waals surface area contributed by atoms with Crippen molar-refractivity contribution in [3.8, 4) is 11.5 Å². The van der Waals surface area contributed by atoms with Crippen LogP contribution in [0.15, 0.2) is 36.4 Å². The van der Waals surface area contributed by atoms with E-state index < -0.39 is 17.9 Å². The molecule has 1 aromatic rings. The van der Waals surface area contributed by atoms with E-state index >= 15 is 0 Å². The van der Waals surface area contributed by atoms with Gasteiger partial charge < -0.3 is 14.2 Å². The lowest BCUT2D eigenvalue weighted by atomic mass is 10.1. The fourth-order valence-electron chi connectivity index (χ4n) is 1.58.